The molecular formula is C9H10N4O. The molecule has 2 N–H and O–H groups in total. The molecule has 0 aliphatic carbocycles. The number of rotatable bonds is 1. The number of anilines is 1. The minimum atomic E-state index is 0.423. The summed E-state index contributed by atoms with van der Waals surface area (Å²) in [4.78, 5) is 12.3. The van der Waals surface area contributed by atoms with E-state index in [0.29, 0.717) is 28.3 Å². The van der Waals surface area contributed by atoms with Gasteiger partial charge in [0.05, 0.1) is 30.4 Å². The summed E-state index contributed by atoms with van der Waals surface area (Å²) < 4.78 is 5.13. The Morgan fingerprint density at radius 1 is 1.29 bits per heavy atom. The van der Waals surface area contributed by atoms with E-state index in [-0.39, 0.29) is 0 Å². The minimum Gasteiger partial charge on any atom is -0.494 e. The molecule has 0 bridgehead atoms. The molecule has 5 heteroatoms. The molecule has 14 heavy (non-hydrogen) atoms. The van der Waals surface area contributed by atoms with Crippen molar-refractivity contribution in [2.45, 2.75) is 6.92 Å². The van der Waals surface area contributed by atoms with Crippen molar-refractivity contribution in [2.24, 2.45) is 0 Å². The van der Waals surface area contributed by atoms with Gasteiger partial charge in [0.15, 0.2) is 0 Å². The number of ether oxygens (including phenoxy) is 1. The smallest absolute Gasteiger partial charge is 0.150 e. The lowest BCUT2D eigenvalue weighted by Crippen LogP contribution is -1.99. The number of nitrogen functional groups attached to an aromatic ring is 1. The van der Waals surface area contributed by atoms with Gasteiger partial charge in [-0.3, -0.25) is 4.98 Å². The second-order valence-corrected chi connectivity index (χ2v) is 2.89. The van der Waals surface area contributed by atoms with Crippen LogP contribution < -0.4 is 10.5 Å². The molecule has 0 aliphatic heterocycles. The molecule has 0 spiro atoms. The summed E-state index contributed by atoms with van der Waals surface area (Å²) in [6.07, 6.45) is 3.24. The molecule has 2 aromatic heterocycles. The average molecular weight is 190 g/mol. The van der Waals surface area contributed by atoms with Crippen LogP contribution in [0.1, 0.15) is 5.82 Å². The summed E-state index contributed by atoms with van der Waals surface area (Å²) >= 11 is 0. The van der Waals surface area contributed by atoms with Gasteiger partial charge in [0.25, 0.3) is 0 Å². The maximum Gasteiger partial charge on any atom is 0.150 e. The Labute approximate surface area is 81.0 Å². The number of nitrogens with two attached hydrogens (primary N) is 1. The number of aryl methyl sites for hydroxylation is 1. The SMILES string of the molecule is COc1cncc2nc(C)nc(N)c12. The summed E-state index contributed by atoms with van der Waals surface area (Å²) in [6, 6.07) is 0. The van der Waals surface area contributed by atoms with Crippen LogP contribution in [0.2, 0.25) is 0 Å². The maximum atomic E-state index is 5.77. The van der Waals surface area contributed by atoms with Crippen LogP contribution in [0.25, 0.3) is 10.9 Å². The summed E-state index contributed by atoms with van der Waals surface area (Å²) in [5.41, 5.74) is 6.48. The van der Waals surface area contributed by atoms with E-state index in [1.807, 2.05) is 0 Å². The van der Waals surface area contributed by atoms with Gasteiger partial charge in [0.1, 0.15) is 17.4 Å². The van der Waals surface area contributed by atoms with Crippen LogP contribution in [0.4, 0.5) is 5.82 Å². The molecule has 0 aliphatic rings. The second-order valence-electron chi connectivity index (χ2n) is 2.89. The van der Waals surface area contributed by atoms with Gasteiger partial charge in [0.2, 0.25) is 0 Å². The molecule has 2 rings (SSSR count). The van der Waals surface area contributed by atoms with E-state index in [1.165, 1.54) is 0 Å². The molecule has 0 saturated heterocycles. The van der Waals surface area contributed by atoms with Crippen LogP contribution in [-0.4, -0.2) is 22.1 Å². The van der Waals surface area contributed by atoms with Gasteiger partial charge in [-0.2, -0.15) is 0 Å². The van der Waals surface area contributed by atoms with Gasteiger partial charge < -0.3 is 10.5 Å². The summed E-state index contributed by atoms with van der Waals surface area (Å²) in [5, 5.41) is 0.716. The van der Waals surface area contributed by atoms with Crippen molar-refractivity contribution in [3.05, 3.63) is 18.2 Å². The number of nitrogens with zero attached hydrogens (tertiary/aromatic N) is 3. The highest BCUT2D eigenvalue weighted by atomic mass is 16.5. The molecule has 5 nitrogen and oxygen atoms in total. The predicted octanol–water partition coefficient (Wildman–Crippen LogP) is 0.924. The Balaban J connectivity index is 2.87. The largest absolute Gasteiger partial charge is 0.494 e. The van der Waals surface area contributed by atoms with E-state index in [2.05, 4.69) is 15.0 Å². The second kappa shape index (κ2) is 3.10. The van der Waals surface area contributed by atoms with Gasteiger partial charge in [-0.15, -0.1) is 0 Å². The third-order valence-electron chi connectivity index (χ3n) is 1.93. The first-order chi connectivity index (χ1) is 6.72. The van der Waals surface area contributed by atoms with Gasteiger partial charge in [-0.1, -0.05) is 0 Å². The quantitative estimate of drug-likeness (QED) is 0.723. The van der Waals surface area contributed by atoms with Crippen LogP contribution in [0.5, 0.6) is 5.75 Å². The number of fused-ring (bicyclic) bond motifs is 1. The molecule has 0 unspecified atom stereocenters. The van der Waals surface area contributed by atoms with Crippen molar-refractivity contribution >= 4 is 16.7 Å². The van der Waals surface area contributed by atoms with Crippen molar-refractivity contribution in [1.29, 1.82) is 0 Å². The highest BCUT2D eigenvalue weighted by molar-refractivity contribution is 5.92. The van der Waals surface area contributed by atoms with E-state index in [4.69, 9.17) is 10.5 Å². The molecule has 2 aromatic rings. The van der Waals surface area contributed by atoms with E-state index in [0.717, 1.165) is 0 Å². The van der Waals surface area contributed by atoms with Crippen LogP contribution in [-0.2, 0) is 0 Å². The van der Waals surface area contributed by atoms with Crippen LogP contribution in [0.3, 0.4) is 0 Å². The number of hydrogen-bond donors (Lipinski definition) is 1. The number of aromatic nitrogens is 3. The molecule has 0 radical (unpaired) electrons. The van der Waals surface area contributed by atoms with Crippen molar-refractivity contribution in [1.82, 2.24) is 15.0 Å². The molecule has 72 valence electrons. The summed E-state index contributed by atoms with van der Waals surface area (Å²) in [6.45, 7) is 1.79. The summed E-state index contributed by atoms with van der Waals surface area (Å²) in [5.74, 6) is 1.65. The lowest BCUT2D eigenvalue weighted by atomic mass is 10.2. The van der Waals surface area contributed by atoms with E-state index in [1.54, 1.807) is 26.4 Å². The third kappa shape index (κ3) is 1.22. The van der Waals surface area contributed by atoms with Crippen LogP contribution >= 0.6 is 0 Å². The average Bonchev–Trinajstić information content (AvgIpc) is 2.16. The predicted molar refractivity (Wildman–Crippen MR) is 53.0 cm³/mol. The first-order valence-corrected chi connectivity index (χ1v) is 4.14. The molecule has 0 amide bonds. The fourth-order valence-corrected chi connectivity index (χ4v) is 1.36. The molecule has 0 atom stereocenters. The number of pyridine rings is 1. The summed E-state index contributed by atoms with van der Waals surface area (Å²) in [7, 11) is 1.57. The van der Waals surface area contributed by atoms with Gasteiger partial charge >= 0.3 is 0 Å². The molecule has 0 fully saturated rings. The normalized spacial score (nSPS) is 10.4. The van der Waals surface area contributed by atoms with E-state index >= 15 is 0 Å². The lowest BCUT2D eigenvalue weighted by Gasteiger charge is -2.06. The number of methoxy groups -OCH3 is 1. The zero-order valence-electron chi connectivity index (χ0n) is 7.98. The van der Waals surface area contributed by atoms with Gasteiger partial charge in [-0.05, 0) is 6.92 Å². The Kier molecular flexibility index (Phi) is 1.92. The zero-order chi connectivity index (χ0) is 10.1. The molecule has 0 aromatic carbocycles. The standard InChI is InChI=1S/C9H10N4O/c1-5-12-6-3-11-4-7(14-2)8(6)9(10)13-5/h3-4H,1-2H3,(H2,10,12,13). The van der Waals surface area contributed by atoms with Crippen LogP contribution in [0.15, 0.2) is 12.4 Å². The topological polar surface area (TPSA) is 73.9 Å². The Bertz CT molecular complexity index is 483. The Morgan fingerprint density at radius 2 is 2.07 bits per heavy atom. The Morgan fingerprint density at radius 3 is 2.79 bits per heavy atom. The van der Waals surface area contributed by atoms with Crippen molar-refractivity contribution in [3.63, 3.8) is 0 Å². The van der Waals surface area contributed by atoms with Crippen LogP contribution in [0, 0.1) is 6.92 Å². The first kappa shape index (κ1) is 8.68. The highest BCUT2D eigenvalue weighted by Crippen LogP contribution is 2.26. The molecule has 0 saturated carbocycles. The number of hydrogen-bond acceptors (Lipinski definition) is 5. The lowest BCUT2D eigenvalue weighted by molar-refractivity contribution is 0.418. The highest BCUT2D eigenvalue weighted by Gasteiger charge is 2.08. The molecular weight excluding hydrogens is 180 g/mol. The third-order valence-corrected chi connectivity index (χ3v) is 1.93. The molecule has 2 heterocycles. The fourth-order valence-electron chi connectivity index (χ4n) is 1.36. The van der Waals surface area contributed by atoms with Gasteiger partial charge in [0, 0.05) is 0 Å². The van der Waals surface area contributed by atoms with Crippen molar-refractivity contribution in [3.8, 4) is 5.75 Å². The van der Waals surface area contributed by atoms with E-state index < -0.39 is 0 Å². The van der Waals surface area contributed by atoms with Crippen molar-refractivity contribution in [2.75, 3.05) is 12.8 Å². The fraction of sp³-hybridized carbons (Fsp3) is 0.222. The Hall–Kier alpha value is -1.91. The van der Waals surface area contributed by atoms with Gasteiger partial charge in [-0.25, -0.2) is 9.97 Å². The zero-order valence-corrected chi connectivity index (χ0v) is 7.98. The monoisotopic (exact) mass is 190 g/mol. The first-order valence-electron chi connectivity index (χ1n) is 4.14. The van der Waals surface area contributed by atoms with Crippen molar-refractivity contribution < 1.29 is 4.74 Å². The van der Waals surface area contributed by atoms with E-state index in [9.17, 15) is 0 Å². The maximum absolute atomic E-state index is 5.77. The minimum absolute atomic E-state index is 0.423.